The number of imidazole rings is 1. The minimum absolute atomic E-state index is 0.147. The van der Waals surface area contributed by atoms with E-state index in [2.05, 4.69) is 31.2 Å². The molecule has 3 rings (SSSR count). The van der Waals surface area contributed by atoms with E-state index in [0.29, 0.717) is 10.9 Å². The lowest BCUT2D eigenvalue weighted by Crippen LogP contribution is -2.28. The predicted octanol–water partition coefficient (Wildman–Crippen LogP) is 3.05. The van der Waals surface area contributed by atoms with Crippen LogP contribution in [0.15, 0.2) is 29.0 Å². The molecule has 1 atom stereocenters. The van der Waals surface area contributed by atoms with Crippen molar-refractivity contribution in [3.8, 4) is 0 Å². The molecule has 6 heteroatoms. The number of aromatic nitrogens is 2. The second-order valence-electron chi connectivity index (χ2n) is 4.88. The van der Waals surface area contributed by atoms with Crippen molar-refractivity contribution in [3.05, 3.63) is 46.2 Å². The van der Waals surface area contributed by atoms with Gasteiger partial charge in [-0.25, -0.2) is 9.37 Å². The fraction of sp³-hybridized carbons (Fsp3) is 0.286. The minimum Gasteiger partial charge on any atom is -0.348 e. The molecule has 20 heavy (non-hydrogen) atoms. The lowest BCUT2D eigenvalue weighted by molar-refractivity contribution is -0.120. The Morgan fingerprint density at radius 2 is 2.35 bits per heavy atom. The molecule has 1 unspecified atom stereocenters. The molecule has 1 aromatic carbocycles. The number of hydrogen-bond acceptors (Lipinski definition) is 2. The first-order valence-corrected chi connectivity index (χ1v) is 7.20. The summed E-state index contributed by atoms with van der Waals surface area (Å²) in [5.41, 5.74) is 2.25. The standard InChI is InChI=1S/C14H13BrFN3O/c15-9-2-4-11(10(16)6-9)19-14(20)8-1-3-12-13(5-8)18-7-17-12/h2,4,6-8H,1,3,5H2,(H,17,18)(H,19,20). The normalized spacial score (nSPS) is 17.6. The summed E-state index contributed by atoms with van der Waals surface area (Å²) in [6, 6.07) is 4.60. The summed E-state index contributed by atoms with van der Waals surface area (Å²) in [6.07, 6.45) is 3.79. The molecule has 0 radical (unpaired) electrons. The zero-order valence-electron chi connectivity index (χ0n) is 10.6. The van der Waals surface area contributed by atoms with Gasteiger partial charge >= 0.3 is 0 Å². The molecule has 0 saturated heterocycles. The SMILES string of the molecule is O=C(Nc1ccc(Br)cc1F)C1CCc2nc[nH]c2C1. The van der Waals surface area contributed by atoms with E-state index in [1.54, 1.807) is 18.5 Å². The van der Waals surface area contributed by atoms with Crippen LogP contribution in [0.1, 0.15) is 17.8 Å². The first-order chi connectivity index (χ1) is 9.63. The maximum atomic E-state index is 13.7. The summed E-state index contributed by atoms with van der Waals surface area (Å²) in [5.74, 6) is -0.733. The number of halogens is 2. The molecule has 0 fully saturated rings. The highest BCUT2D eigenvalue weighted by molar-refractivity contribution is 9.10. The van der Waals surface area contributed by atoms with Crippen LogP contribution >= 0.6 is 15.9 Å². The largest absolute Gasteiger partial charge is 0.348 e. The van der Waals surface area contributed by atoms with Crippen molar-refractivity contribution in [1.82, 2.24) is 9.97 Å². The van der Waals surface area contributed by atoms with Crippen LogP contribution in [-0.4, -0.2) is 15.9 Å². The molecular weight excluding hydrogens is 325 g/mol. The Morgan fingerprint density at radius 1 is 1.50 bits per heavy atom. The van der Waals surface area contributed by atoms with E-state index < -0.39 is 5.82 Å². The Bertz CT molecular complexity index is 656. The van der Waals surface area contributed by atoms with E-state index in [9.17, 15) is 9.18 Å². The van der Waals surface area contributed by atoms with Gasteiger partial charge in [-0.2, -0.15) is 0 Å². The molecule has 1 aromatic heterocycles. The van der Waals surface area contributed by atoms with E-state index in [0.717, 1.165) is 24.2 Å². The molecule has 1 aliphatic rings. The van der Waals surface area contributed by atoms with Gasteiger partial charge in [0.2, 0.25) is 5.91 Å². The van der Waals surface area contributed by atoms with Gasteiger partial charge in [-0.15, -0.1) is 0 Å². The van der Waals surface area contributed by atoms with Crippen LogP contribution in [0.3, 0.4) is 0 Å². The number of aromatic amines is 1. The Labute approximate surface area is 123 Å². The lowest BCUT2D eigenvalue weighted by atomic mass is 9.89. The highest BCUT2D eigenvalue weighted by Gasteiger charge is 2.26. The number of hydrogen-bond donors (Lipinski definition) is 2. The number of H-pyrrole nitrogens is 1. The van der Waals surface area contributed by atoms with E-state index >= 15 is 0 Å². The van der Waals surface area contributed by atoms with Crippen LogP contribution < -0.4 is 5.32 Å². The van der Waals surface area contributed by atoms with Crippen molar-refractivity contribution in [2.24, 2.45) is 5.92 Å². The van der Waals surface area contributed by atoms with Crippen molar-refractivity contribution < 1.29 is 9.18 Å². The van der Waals surface area contributed by atoms with Crippen molar-refractivity contribution in [3.63, 3.8) is 0 Å². The molecule has 1 heterocycles. The average molecular weight is 338 g/mol. The summed E-state index contributed by atoms with van der Waals surface area (Å²) in [6.45, 7) is 0. The monoisotopic (exact) mass is 337 g/mol. The Hall–Kier alpha value is -1.69. The summed E-state index contributed by atoms with van der Waals surface area (Å²) in [4.78, 5) is 19.5. The van der Waals surface area contributed by atoms with Gasteiger partial charge in [0.05, 0.1) is 17.7 Å². The fourth-order valence-electron chi connectivity index (χ4n) is 2.45. The van der Waals surface area contributed by atoms with Crippen LogP contribution in [0.5, 0.6) is 0 Å². The summed E-state index contributed by atoms with van der Waals surface area (Å²) in [5, 5.41) is 2.66. The quantitative estimate of drug-likeness (QED) is 0.884. The Balaban J connectivity index is 1.71. The second-order valence-corrected chi connectivity index (χ2v) is 5.80. The van der Waals surface area contributed by atoms with E-state index in [4.69, 9.17) is 0 Å². The molecule has 0 saturated carbocycles. The van der Waals surface area contributed by atoms with Gasteiger partial charge in [-0.1, -0.05) is 15.9 Å². The summed E-state index contributed by atoms with van der Waals surface area (Å²) >= 11 is 3.19. The average Bonchev–Trinajstić information content (AvgIpc) is 2.89. The van der Waals surface area contributed by atoms with Crippen molar-refractivity contribution in [2.75, 3.05) is 5.32 Å². The third-order valence-electron chi connectivity index (χ3n) is 3.55. The van der Waals surface area contributed by atoms with Crippen LogP contribution in [0.4, 0.5) is 10.1 Å². The smallest absolute Gasteiger partial charge is 0.227 e. The number of aryl methyl sites for hydroxylation is 1. The van der Waals surface area contributed by atoms with Gasteiger partial charge in [-0.3, -0.25) is 4.79 Å². The number of anilines is 1. The molecule has 1 amide bonds. The van der Waals surface area contributed by atoms with Crippen LogP contribution in [0.2, 0.25) is 0 Å². The first-order valence-electron chi connectivity index (χ1n) is 6.40. The number of carbonyl (C=O) groups is 1. The molecule has 2 N–H and O–H groups in total. The molecule has 0 aliphatic heterocycles. The molecular formula is C14H13BrFN3O. The topological polar surface area (TPSA) is 57.8 Å². The molecule has 104 valence electrons. The van der Waals surface area contributed by atoms with Crippen LogP contribution in [0, 0.1) is 11.7 Å². The third kappa shape index (κ3) is 2.60. The Morgan fingerprint density at radius 3 is 3.15 bits per heavy atom. The van der Waals surface area contributed by atoms with Crippen LogP contribution in [-0.2, 0) is 17.6 Å². The molecule has 4 nitrogen and oxygen atoms in total. The minimum atomic E-state index is -0.439. The third-order valence-corrected chi connectivity index (χ3v) is 4.04. The number of nitrogens with zero attached hydrogens (tertiary/aromatic N) is 1. The second kappa shape index (κ2) is 5.36. The van der Waals surface area contributed by atoms with E-state index in [1.807, 2.05) is 0 Å². The summed E-state index contributed by atoms with van der Waals surface area (Å²) in [7, 11) is 0. The Kier molecular flexibility index (Phi) is 3.56. The number of nitrogens with one attached hydrogen (secondary N) is 2. The predicted molar refractivity (Wildman–Crippen MR) is 76.8 cm³/mol. The molecule has 1 aliphatic carbocycles. The van der Waals surface area contributed by atoms with Crippen molar-refractivity contribution >= 4 is 27.5 Å². The number of fused-ring (bicyclic) bond motifs is 1. The van der Waals surface area contributed by atoms with Gasteiger partial charge in [0.25, 0.3) is 0 Å². The number of rotatable bonds is 2. The van der Waals surface area contributed by atoms with Crippen LogP contribution in [0.25, 0.3) is 0 Å². The van der Waals surface area contributed by atoms with Gasteiger partial charge in [0.15, 0.2) is 0 Å². The zero-order valence-corrected chi connectivity index (χ0v) is 12.2. The first kappa shape index (κ1) is 13.3. The molecule has 2 aromatic rings. The van der Waals surface area contributed by atoms with E-state index in [1.165, 1.54) is 6.07 Å². The lowest BCUT2D eigenvalue weighted by Gasteiger charge is -2.20. The molecule has 0 spiro atoms. The van der Waals surface area contributed by atoms with Gasteiger partial charge in [0.1, 0.15) is 5.82 Å². The number of carbonyl (C=O) groups excluding carboxylic acids is 1. The number of amides is 1. The summed E-state index contributed by atoms with van der Waals surface area (Å²) < 4.78 is 14.4. The van der Waals surface area contributed by atoms with E-state index in [-0.39, 0.29) is 17.5 Å². The highest BCUT2D eigenvalue weighted by atomic mass is 79.9. The zero-order chi connectivity index (χ0) is 14.1. The maximum Gasteiger partial charge on any atom is 0.227 e. The van der Waals surface area contributed by atoms with Crippen molar-refractivity contribution in [2.45, 2.75) is 19.3 Å². The maximum absolute atomic E-state index is 13.7. The van der Waals surface area contributed by atoms with Gasteiger partial charge < -0.3 is 10.3 Å². The highest BCUT2D eigenvalue weighted by Crippen LogP contribution is 2.25. The van der Waals surface area contributed by atoms with Crippen molar-refractivity contribution in [1.29, 1.82) is 0 Å². The van der Waals surface area contributed by atoms with Gasteiger partial charge in [-0.05, 0) is 31.0 Å². The number of benzene rings is 1. The molecule has 0 bridgehead atoms. The van der Waals surface area contributed by atoms with Gasteiger partial charge in [0, 0.05) is 22.5 Å². The fourth-order valence-corrected chi connectivity index (χ4v) is 2.78.